The fourth-order valence-corrected chi connectivity index (χ4v) is 2.12. The lowest BCUT2D eigenvalue weighted by molar-refractivity contribution is -0.142. The molecule has 17 heavy (non-hydrogen) atoms. The molecule has 0 bridgehead atoms. The summed E-state index contributed by atoms with van der Waals surface area (Å²) < 4.78 is 5.28. The van der Waals surface area contributed by atoms with E-state index in [1.165, 1.54) is 7.11 Å². The molecule has 0 aliphatic carbocycles. The summed E-state index contributed by atoms with van der Waals surface area (Å²) in [5.41, 5.74) is 1.23. The fourth-order valence-electron chi connectivity index (χ4n) is 1.97. The third-order valence-electron chi connectivity index (χ3n) is 3.02. The van der Waals surface area contributed by atoms with Crippen molar-refractivity contribution >= 4 is 17.6 Å². The van der Waals surface area contributed by atoms with Crippen LogP contribution < -0.4 is 4.74 Å². The highest BCUT2D eigenvalue weighted by atomic mass is 35.5. The Morgan fingerprint density at radius 2 is 1.94 bits per heavy atom. The maximum absolute atomic E-state index is 11.3. The van der Waals surface area contributed by atoms with Crippen LogP contribution in [0.15, 0.2) is 6.07 Å². The summed E-state index contributed by atoms with van der Waals surface area (Å²) in [6, 6.07) is 1.77. The SMILES string of the molecule is COc1cc(C)c(Cl)c(C)c1C(C)(C)C(=O)O. The van der Waals surface area contributed by atoms with Gasteiger partial charge in [-0.05, 0) is 44.9 Å². The van der Waals surface area contributed by atoms with Gasteiger partial charge in [-0.1, -0.05) is 11.6 Å². The van der Waals surface area contributed by atoms with Gasteiger partial charge in [-0.25, -0.2) is 0 Å². The van der Waals surface area contributed by atoms with Crippen molar-refractivity contribution in [1.29, 1.82) is 0 Å². The Labute approximate surface area is 106 Å². The largest absolute Gasteiger partial charge is 0.496 e. The standard InChI is InChI=1S/C13H17ClO3/c1-7-6-9(17-5)10(8(2)11(7)14)13(3,4)12(15)16/h6H,1-5H3,(H,15,16). The summed E-state index contributed by atoms with van der Waals surface area (Å²) in [7, 11) is 1.53. The maximum atomic E-state index is 11.3. The van der Waals surface area contributed by atoms with Gasteiger partial charge in [0, 0.05) is 10.6 Å². The number of aliphatic carboxylic acids is 1. The van der Waals surface area contributed by atoms with Gasteiger partial charge in [-0.15, -0.1) is 0 Å². The first-order valence-electron chi connectivity index (χ1n) is 5.31. The van der Waals surface area contributed by atoms with Crippen molar-refractivity contribution in [2.24, 2.45) is 0 Å². The zero-order valence-corrected chi connectivity index (χ0v) is 11.5. The van der Waals surface area contributed by atoms with E-state index in [1.807, 2.05) is 13.8 Å². The minimum absolute atomic E-state index is 0.566. The molecule has 1 aromatic carbocycles. The van der Waals surface area contributed by atoms with Crippen molar-refractivity contribution in [2.75, 3.05) is 7.11 Å². The number of rotatable bonds is 3. The number of benzene rings is 1. The van der Waals surface area contributed by atoms with Crippen LogP contribution in [-0.2, 0) is 10.2 Å². The molecule has 0 aliphatic heterocycles. The highest BCUT2D eigenvalue weighted by molar-refractivity contribution is 6.32. The van der Waals surface area contributed by atoms with Crippen LogP contribution in [-0.4, -0.2) is 18.2 Å². The summed E-state index contributed by atoms with van der Waals surface area (Å²) in [4.78, 5) is 11.3. The van der Waals surface area contributed by atoms with E-state index < -0.39 is 11.4 Å². The van der Waals surface area contributed by atoms with Gasteiger partial charge >= 0.3 is 5.97 Å². The molecule has 0 aromatic heterocycles. The van der Waals surface area contributed by atoms with Gasteiger partial charge in [-0.2, -0.15) is 0 Å². The lowest BCUT2D eigenvalue weighted by atomic mass is 9.81. The van der Waals surface area contributed by atoms with E-state index in [9.17, 15) is 9.90 Å². The van der Waals surface area contributed by atoms with Gasteiger partial charge in [0.25, 0.3) is 0 Å². The molecule has 0 fully saturated rings. The van der Waals surface area contributed by atoms with Crippen LogP contribution in [0.25, 0.3) is 0 Å². The fraction of sp³-hybridized carbons (Fsp3) is 0.462. The minimum atomic E-state index is -1.03. The van der Waals surface area contributed by atoms with Crippen molar-refractivity contribution in [3.63, 3.8) is 0 Å². The molecule has 0 amide bonds. The van der Waals surface area contributed by atoms with E-state index in [0.717, 1.165) is 11.1 Å². The second-order valence-corrected chi connectivity index (χ2v) is 5.02. The molecule has 0 saturated heterocycles. The maximum Gasteiger partial charge on any atom is 0.313 e. The first-order chi connectivity index (χ1) is 7.73. The molecule has 4 heteroatoms. The van der Waals surface area contributed by atoms with Crippen molar-refractivity contribution in [2.45, 2.75) is 33.1 Å². The molecule has 3 nitrogen and oxygen atoms in total. The van der Waals surface area contributed by atoms with Gasteiger partial charge in [0.2, 0.25) is 0 Å². The Balaban J connectivity index is 3.63. The quantitative estimate of drug-likeness (QED) is 0.902. The number of aryl methyl sites for hydroxylation is 1. The normalized spacial score (nSPS) is 11.4. The Bertz CT molecular complexity index is 464. The van der Waals surface area contributed by atoms with E-state index in [-0.39, 0.29) is 0 Å². The molecule has 0 aliphatic rings. The van der Waals surface area contributed by atoms with E-state index in [2.05, 4.69) is 0 Å². The first kappa shape index (κ1) is 13.8. The molecule has 0 radical (unpaired) electrons. The van der Waals surface area contributed by atoms with Crippen molar-refractivity contribution in [3.8, 4) is 5.75 Å². The minimum Gasteiger partial charge on any atom is -0.496 e. The molecule has 0 heterocycles. The van der Waals surface area contributed by atoms with E-state index in [4.69, 9.17) is 16.3 Å². The number of ether oxygens (including phenoxy) is 1. The lowest BCUT2D eigenvalue weighted by Crippen LogP contribution is -2.30. The summed E-state index contributed by atoms with van der Waals surface area (Å²) in [5, 5.41) is 9.89. The van der Waals surface area contributed by atoms with Gasteiger partial charge in [0.15, 0.2) is 0 Å². The molecule has 0 saturated carbocycles. The third-order valence-corrected chi connectivity index (χ3v) is 3.61. The average molecular weight is 257 g/mol. The van der Waals surface area contributed by atoms with Gasteiger partial charge in [-0.3, -0.25) is 4.79 Å². The van der Waals surface area contributed by atoms with Crippen LogP contribution in [0.1, 0.15) is 30.5 Å². The number of carboxylic acid groups (broad SMARTS) is 1. The second kappa shape index (κ2) is 4.57. The molecule has 0 spiro atoms. The Hall–Kier alpha value is -1.22. The molecule has 0 atom stereocenters. The molecule has 0 unspecified atom stereocenters. The predicted octanol–water partition coefficient (Wildman–Crippen LogP) is 3.33. The highest BCUT2D eigenvalue weighted by Crippen LogP contribution is 2.39. The summed E-state index contributed by atoms with van der Waals surface area (Å²) in [6.45, 7) is 6.98. The van der Waals surface area contributed by atoms with E-state index >= 15 is 0 Å². The zero-order chi connectivity index (χ0) is 13.4. The van der Waals surface area contributed by atoms with E-state index in [0.29, 0.717) is 16.3 Å². The van der Waals surface area contributed by atoms with Crippen LogP contribution in [0.4, 0.5) is 0 Å². The monoisotopic (exact) mass is 256 g/mol. The molecule has 1 N–H and O–H groups in total. The Kier molecular flexibility index (Phi) is 3.72. The van der Waals surface area contributed by atoms with Gasteiger partial charge < -0.3 is 9.84 Å². The number of methoxy groups -OCH3 is 1. The van der Waals surface area contributed by atoms with Gasteiger partial charge in [0.1, 0.15) is 5.75 Å². The van der Waals surface area contributed by atoms with Gasteiger partial charge in [0.05, 0.1) is 12.5 Å². The second-order valence-electron chi connectivity index (χ2n) is 4.64. The Morgan fingerprint density at radius 3 is 2.35 bits per heavy atom. The van der Waals surface area contributed by atoms with E-state index in [1.54, 1.807) is 19.9 Å². The summed E-state index contributed by atoms with van der Waals surface area (Å²) >= 11 is 6.17. The Morgan fingerprint density at radius 1 is 1.41 bits per heavy atom. The number of halogens is 1. The average Bonchev–Trinajstić information content (AvgIpc) is 2.24. The van der Waals surface area contributed by atoms with Crippen LogP contribution in [0.2, 0.25) is 5.02 Å². The number of carbonyl (C=O) groups is 1. The van der Waals surface area contributed by atoms with Crippen LogP contribution in [0, 0.1) is 13.8 Å². The molecule has 94 valence electrons. The predicted molar refractivity (Wildman–Crippen MR) is 68.1 cm³/mol. The van der Waals surface area contributed by atoms with Crippen molar-refractivity contribution in [3.05, 3.63) is 27.8 Å². The van der Waals surface area contributed by atoms with Crippen LogP contribution >= 0.6 is 11.6 Å². The number of carboxylic acids is 1. The molecule has 1 aromatic rings. The lowest BCUT2D eigenvalue weighted by Gasteiger charge is -2.26. The number of hydrogen-bond donors (Lipinski definition) is 1. The molecular formula is C13H17ClO3. The van der Waals surface area contributed by atoms with Crippen molar-refractivity contribution in [1.82, 2.24) is 0 Å². The van der Waals surface area contributed by atoms with Crippen molar-refractivity contribution < 1.29 is 14.6 Å². The zero-order valence-electron chi connectivity index (χ0n) is 10.7. The number of hydrogen-bond acceptors (Lipinski definition) is 2. The van der Waals surface area contributed by atoms with Crippen LogP contribution in [0.5, 0.6) is 5.75 Å². The molecular weight excluding hydrogens is 240 g/mol. The van der Waals surface area contributed by atoms with Crippen LogP contribution in [0.3, 0.4) is 0 Å². The third kappa shape index (κ3) is 2.25. The smallest absolute Gasteiger partial charge is 0.313 e. The summed E-state index contributed by atoms with van der Waals surface area (Å²) in [6.07, 6.45) is 0. The highest BCUT2D eigenvalue weighted by Gasteiger charge is 2.35. The summed E-state index contributed by atoms with van der Waals surface area (Å²) in [5.74, 6) is -0.337. The molecule has 1 rings (SSSR count). The first-order valence-corrected chi connectivity index (χ1v) is 5.68. The topological polar surface area (TPSA) is 46.5 Å².